The average molecular weight is 356 g/mol. The number of carbonyl (C=O) groups is 1. The van der Waals surface area contributed by atoms with Crippen LogP contribution in [0.3, 0.4) is 0 Å². The highest BCUT2D eigenvalue weighted by molar-refractivity contribution is 5.94. The van der Waals surface area contributed by atoms with Crippen LogP contribution in [-0.2, 0) is 18.4 Å². The quantitative estimate of drug-likeness (QED) is 0.773. The summed E-state index contributed by atoms with van der Waals surface area (Å²) >= 11 is 0. The summed E-state index contributed by atoms with van der Waals surface area (Å²) in [5.74, 6) is 1.40. The van der Waals surface area contributed by atoms with Crippen LogP contribution in [0.5, 0.6) is 11.5 Å². The fourth-order valence-corrected chi connectivity index (χ4v) is 3.36. The number of rotatable bonds is 4. The van der Waals surface area contributed by atoms with Gasteiger partial charge in [0, 0.05) is 42.7 Å². The lowest BCUT2D eigenvalue weighted by molar-refractivity contribution is 0.0939. The Labute approximate surface area is 152 Å². The molecule has 1 amide bonds. The van der Waals surface area contributed by atoms with Gasteiger partial charge in [-0.25, -0.2) is 0 Å². The molecule has 2 aromatic rings. The largest absolute Gasteiger partial charge is 0.486 e. The third kappa shape index (κ3) is 3.14. The van der Waals surface area contributed by atoms with Crippen molar-refractivity contribution in [1.29, 1.82) is 0 Å². The lowest BCUT2D eigenvalue weighted by atomic mass is 9.84. The van der Waals surface area contributed by atoms with E-state index in [-0.39, 0.29) is 11.3 Å². The number of carbonyl (C=O) groups excluding carboxylic acids is 1. The Balaban J connectivity index is 1.46. The zero-order chi connectivity index (χ0) is 18.1. The second-order valence-electron chi connectivity index (χ2n) is 7.38. The topological polar surface area (TPSA) is 88.3 Å². The summed E-state index contributed by atoms with van der Waals surface area (Å²) in [5.41, 5.74) is 3.36. The lowest BCUT2D eigenvalue weighted by Crippen LogP contribution is -2.37. The molecule has 0 spiro atoms. The highest BCUT2D eigenvalue weighted by atomic mass is 16.6. The molecule has 0 atom stereocenters. The average Bonchev–Trinajstić information content (AvgIpc) is 3.10. The first-order chi connectivity index (χ1) is 12.5. The second-order valence-corrected chi connectivity index (χ2v) is 7.38. The Morgan fingerprint density at radius 2 is 2.08 bits per heavy atom. The Morgan fingerprint density at radius 3 is 2.92 bits per heavy atom. The van der Waals surface area contributed by atoms with Crippen LogP contribution in [0.1, 0.15) is 41.2 Å². The van der Waals surface area contributed by atoms with Gasteiger partial charge in [0.1, 0.15) is 13.2 Å². The van der Waals surface area contributed by atoms with E-state index < -0.39 is 0 Å². The molecule has 2 aliphatic heterocycles. The van der Waals surface area contributed by atoms with E-state index in [2.05, 4.69) is 34.7 Å². The predicted octanol–water partition coefficient (Wildman–Crippen LogP) is 1.53. The number of aromatic amines is 1. The van der Waals surface area contributed by atoms with Crippen molar-refractivity contribution in [3.05, 3.63) is 40.7 Å². The summed E-state index contributed by atoms with van der Waals surface area (Å²) in [6.45, 7) is 7.43. The van der Waals surface area contributed by atoms with Crippen molar-refractivity contribution < 1.29 is 14.3 Å². The van der Waals surface area contributed by atoms with Gasteiger partial charge in [0.15, 0.2) is 17.2 Å². The van der Waals surface area contributed by atoms with E-state index in [0.717, 1.165) is 41.3 Å². The number of hydrogen-bond acceptors (Lipinski definition) is 5. The number of nitrogens with zero attached hydrogens (tertiary/aromatic N) is 1. The molecule has 1 aromatic heterocycles. The van der Waals surface area contributed by atoms with Crippen LogP contribution in [0.15, 0.2) is 18.2 Å². The van der Waals surface area contributed by atoms with Gasteiger partial charge < -0.3 is 20.1 Å². The fourth-order valence-electron chi connectivity index (χ4n) is 3.36. The number of fused-ring (bicyclic) bond motifs is 2. The van der Waals surface area contributed by atoms with Crippen molar-refractivity contribution in [2.45, 2.75) is 32.2 Å². The number of ether oxygens (including phenoxy) is 2. The number of H-pyrrole nitrogens is 1. The highest BCUT2D eigenvalue weighted by Gasteiger charge is 2.26. The van der Waals surface area contributed by atoms with Crippen molar-refractivity contribution in [2.75, 3.05) is 26.3 Å². The normalized spacial score (nSPS) is 16.1. The summed E-state index contributed by atoms with van der Waals surface area (Å²) < 4.78 is 11.3. The molecular weight excluding hydrogens is 332 g/mol. The number of aromatic nitrogens is 2. The van der Waals surface area contributed by atoms with Crippen molar-refractivity contribution in [3.8, 4) is 11.5 Å². The maximum atomic E-state index is 12.6. The van der Waals surface area contributed by atoms with E-state index >= 15 is 0 Å². The molecule has 2 aliphatic rings. The van der Waals surface area contributed by atoms with Gasteiger partial charge >= 0.3 is 0 Å². The molecule has 0 aliphatic carbocycles. The SMILES string of the molecule is CC(C)(CNC(=O)c1n[nH]c2c1CNCC2)c1ccc2c(c1)OCCO2. The minimum absolute atomic E-state index is 0.142. The number of nitrogens with one attached hydrogen (secondary N) is 3. The van der Waals surface area contributed by atoms with E-state index in [1.165, 1.54) is 0 Å². The Hall–Kier alpha value is -2.54. The maximum Gasteiger partial charge on any atom is 0.272 e. The van der Waals surface area contributed by atoms with Crippen LogP contribution in [-0.4, -0.2) is 42.4 Å². The van der Waals surface area contributed by atoms with E-state index in [9.17, 15) is 4.79 Å². The monoisotopic (exact) mass is 356 g/mol. The molecule has 0 saturated heterocycles. The third-order valence-corrected chi connectivity index (χ3v) is 5.04. The van der Waals surface area contributed by atoms with Gasteiger partial charge in [-0.1, -0.05) is 19.9 Å². The predicted molar refractivity (Wildman–Crippen MR) is 96.8 cm³/mol. The van der Waals surface area contributed by atoms with E-state index in [1.54, 1.807) is 0 Å². The van der Waals surface area contributed by atoms with E-state index in [4.69, 9.17) is 9.47 Å². The van der Waals surface area contributed by atoms with Crippen LogP contribution >= 0.6 is 0 Å². The Bertz CT molecular complexity index is 828. The molecule has 7 nitrogen and oxygen atoms in total. The fraction of sp³-hybridized carbons (Fsp3) is 0.474. The molecule has 0 unspecified atom stereocenters. The lowest BCUT2D eigenvalue weighted by Gasteiger charge is -2.27. The molecule has 3 heterocycles. The standard InChI is InChI=1S/C19H24N4O3/c1-19(2,12-3-4-15-16(9-12)26-8-7-25-15)11-21-18(24)17-13-10-20-6-5-14(13)22-23-17/h3-4,9,20H,5-8,10-11H2,1-2H3,(H,21,24)(H,22,23). The molecule has 4 rings (SSSR count). The zero-order valence-electron chi connectivity index (χ0n) is 15.1. The molecule has 0 fully saturated rings. The van der Waals surface area contributed by atoms with Gasteiger partial charge in [0.25, 0.3) is 5.91 Å². The molecule has 0 saturated carbocycles. The minimum atomic E-state index is -0.250. The van der Waals surface area contributed by atoms with Crippen LogP contribution in [0.25, 0.3) is 0 Å². The maximum absolute atomic E-state index is 12.6. The van der Waals surface area contributed by atoms with Gasteiger partial charge in [-0.2, -0.15) is 5.10 Å². The highest BCUT2D eigenvalue weighted by Crippen LogP contribution is 2.35. The Morgan fingerprint density at radius 1 is 1.27 bits per heavy atom. The molecule has 0 bridgehead atoms. The number of benzene rings is 1. The Kier molecular flexibility index (Phi) is 4.32. The number of amides is 1. The molecule has 26 heavy (non-hydrogen) atoms. The summed E-state index contributed by atoms with van der Waals surface area (Å²) in [6, 6.07) is 5.96. The number of hydrogen-bond donors (Lipinski definition) is 3. The van der Waals surface area contributed by atoms with Crippen LogP contribution in [0.4, 0.5) is 0 Å². The van der Waals surface area contributed by atoms with Crippen LogP contribution in [0, 0.1) is 0 Å². The third-order valence-electron chi connectivity index (χ3n) is 5.04. The molecular formula is C19H24N4O3. The molecule has 0 radical (unpaired) electrons. The van der Waals surface area contributed by atoms with E-state index in [1.807, 2.05) is 18.2 Å². The molecule has 3 N–H and O–H groups in total. The molecule has 1 aromatic carbocycles. The minimum Gasteiger partial charge on any atom is -0.486 e. The van der Waals surface area contributed by atoms with Gasteiger partial charge in [-0.15, -0.1) is 0 Å². The molecule has 138 valence electrons. The zero-order valence-corrected chi connectivity index (χ0v) is 15.1. The first kappa shape index (κ1) is 16.9. The second kappa shape index (κ2) is 6.64. The van der Waals surface area contributed by atoms with Gasteiger partial charge in [-0.3, -0.25) is 9.89 Å². The van der Waals surface area contributed by atoms with Crippen molar-refractivity contribution in [3.63, 3.8) is 0 Å². The van der Waals surface area contributed by atoms with Crippen molar-refractivity contribution in [2.24, 2.45) is 0 Å². The van der Waals surface area contributed by atoms with Crippen molar-refractivity contribution >= 4 is 5.91 Å². The van der Waals surface area contributed by atoms with E-state index in [0.29, 0.717) is 32.0 Å². The first-order valence-electron chi connectivity index (χ1n) is 9.00. The van der Waals surface area contributed by atoms with Gasteiger partial charge in [0.2, 0.25) is 0 Å². The van der Waals surface area contributed by atoms with Gasteiger partial charge in [-0.05, 0) is 17.7 Å². The smallest absolute Gasteiger partial charge is 0.272 e. The van der Waals surface area contributed by atoms with Gasteiger partial charge in [0.05, 0.1) is 0 Å². The summed E-state index contributed by atoms with van der Waals surface area (Å²) in [7, 11) is 0. The van der Waals surface area contributed by atoms with Crippen LogP contribution in [0.2, 0.25) is 0 Å². The first-order valence-corrected chi connectivity index (χ1v) is 9.00. The summed E-state index contributed by atoms with van der Waals surface area (Å²) in [5, 5.41) is 13.5. The van der Waals surface area contributed by atoms with Crippen molar-refractivity contribution in [1.82, 2.24) is 20.8 Å². The summed E-state index contributed by atoms with van der Waals surface area (Å²) in [4.78, 5) is 12.6. The van der Waals surface area contributed by atoms with Crippen LogP contribution < -0.4 is 20.1 Å². The molecule has 7 heteroatoms. The summed E-state index contributed by atoms with van der Waals surface area (Å²) in [6.07, 6.45) is 0.873.